The number of benzene rings is 1. The van der Waals surface area contributed by atoms with Crippen LogP contribution in [0, 0.1) is 5.92 Å². The third kappa shape index (κ3) is 4.23. The van der Waals surface area contributed by atoms with Crippen molar-refractivity contribution < 1.29 is 9.84 Å². The van der Waals surface area contributed by atoms with Gasteiger partial charge in [-0.1, -0.05) is 32.9 Å². The average molecular weight is 222 g/mol. The zero-order valence-electron chi connectivity index (χ0n) is 10.4. The van der Waals surface area contributed by atoms with Gasteiger partial charge in [-0.2, -0.15) is 0 Å². The molecule has 16 heavy (non-hydrogen) atoms. The summed E-state index contributed by atoms with van der Waals surface area (Å²) in [7, 11) is 0. The van der Waals surface area contributed by atoms with Gasteiger partial charge in [0.05, 0.1) is 6.61 Å². The van der Waals surface area contributed by atoms with Crippen molar-refractivity contribution in [2.45, 2.75) is 33.1 Å². The molecule has 1 aromatic rings. The summed E-state index contributed by atoms with van der Waals surface area (Å²) < 4.78 is 5.64. The topological polar surface area (TPSA) is 29.5 Å². The summed E-state index contributed by atoms with van der Waals surface area (Å²) in [5.41, 5.74) is 1.33. The van der Waals surface area contributed by atoms with E-state index in [0.717, 1.165) is 12.2 Å². The minimum atomic E-state index is 0.233. The highest BCUT2D eigenvalue weighted by Crippen LogP contribution is 2.19. The fraction of sp³-hybridized carbons (Fsp3) is 0.571. The van der Waals surface area contributed by atoms with Crippen LogP contribution in [0.2, 0.25) is 0 Å². The molecule has 90 valence electrons. The molecule has 1 N–H and O–H groups in total. The molecule has 0 aliphatic rings. The van der Waals surface area contributed by atoms with Crippen molar-refractivity contribution in [2.75, 3.05) is 13.2 Å². The summed E-state index contributed by atoms with van der Waals surface area (Å²) in [5, 5.41) is 8.78. The zero-order valence-corrected chi connectivity index (χ0v) is 10.4. The van der Waals surface area contributed by atoms with Crippen LogP contribution >= 0.6 is 0 Å². The number of hydrogen-bond acceptors (Lipinski definition) is 2. The lowest BCUT2D eigenvalue weighted by Crippen LogP contribution is -2.10. The summed E-state index contributed by atoms with van der Waals surface area (Å²) in [4.78, 5) is 0. The van der Waals surface area contributed by atoms with Gasteiger partial charge in [-0.05, 0) is 36.0 Å². The van der Waals surface area contributed by atoms with Crippen molar-refractivity contribution in [3.63, 3.8) is 0 Å². The molecular formula is C14H22O2. The highest BCUT2D eigenvalue weighted by atomic mass is 16.5. The van der Waals surface area contributed by atoms with Gasteiger partial charge in [0, 0.05) is 6.61 Å². The van der Waals surface area contributed by atoms with Crippen molar-refractivity contribution in [3.05, 3.63) is 29.8 Å². The molecule has 0 saturated carbocycles. The Morgan fingerprint density at radius 2 is 1.75 bits per heavy atom. The van der Waals surface area contributed by atoms with Crippen LogP contribution in [0.1, 0.15) is 38.7 Å². The molecule has 1 atom stereocenters. The number of rotatable bonds is 6. The lowest BCUT2D eigenvalue weighted by atomic mass is 10.0. The van der Waals surface area contributed by atoms with E-state index in [1.165, 1.54) is 5.56 Å². The number of aliphatic hydroxyl groups is 1. The second kappa shape index (κ2) is 6.54. The lowest BCUT2D eigenvalue weighted by molar-refractivity contribution is 0.208. The second-order valence-electron chi connectivity index (χ2n) is 4.65. The largest absolute Gasteiger partial charge is 0.493 e. The highest BCUT2D eigenvalue weighted by molar-refractivity contribution is 5.28. The van der Waals surface area contributed by atoms with Gasteiger partial charge in [0.25, 0.3) is 0 Å². The Morgan fingerprint density at radius 3 is 2.25 bits per heavy atom. The van der Waals surface area contributed by atoms with Gasteiger partial charge in [-0.15, -0.1) is 0 Å². The lowest BCUT2D eigenvalue weighted by Gasteiger charge is -2.12. The second-order valence-corrected chi connectivity index (χ2v) is 4.65. The van der Waals surface area contributed by atoms with Gasteiger partial charge in [0.15, 0.2) is 0 Å². The third-order valence-corrected chi connectivity index (χ3v) is 2.70. The Labute approximate surface area is 98.3 Å². The Kier molecular flexibility index (Phi) is 5.33. The molecule has 0 spiro atoms. The maximum atomic E-state index is 8.78. The Bertz CT molecular complexity index is 290. The van der Waals surface area contributed by atoms with Crippen LogP contribution in [-0.4, -0.2) is 18.3 Å². The van der Waals surface area contributed by atoms with Crippen LogP contribution in [0.25, 0.3) is 0 Å². The smallest absolute Gasteiger partial charge is 0.119 e. The molecule has 0 radical (unpaired) electrons. The van der Waals surface area contributed by atoms with E-state index in [0.29, 0.717) is 18.4 Å². The van der Waals surface area contributed by atoms with Gasteiger partial charge < -0.3 is 9.84 Å². The van der Waals surface area contributed by atoms with Crippen molar-refractivity contribution in [2.24, 2.45) is 5.92 Å². The predicted molar refractivity (Wildman–Crippen MR) is 66.9 cm³/mol. The van der Waals surface area contributed by atoms with Crippen LogP contribution in [0.4, 0.5) is 0 Å². The molecule has 0 aliphatic heterocycles. The van der Waals surface area contributed by atoms with Crippen LogP contribution in [-0.2, 0) is 0 Å². The fourth-order valence-electron chi connectivity index (χ4n) is 1.49. The zero-order chi connectivity index (χ0) is 12.0. The van der Waals surface area contributed by atoms with E-state index in [2.05, 4.69) is 32.9 Å². The van der Waals surface area contributed by atoms with Gasteiger partial charge >= 0.3 is 0 Å². The summed E-state index contributed by atoms with van der Waals surface area (Å²) in [6.45, 7) is 7.34. The summed E-state index contributed by atoms with van der Waals surface area (Å²) in [6, 6.07) is 8.25. The number of aliphatic hydroxyl groups excluding tert-OH is 1. The van der Waals surface area contributed by atoms with E-state index in [1.54, 1.807) is 0 Å². The van der Waals surface area contributed by atoms with E-state index >= 15 is 0 Å². The van der Waals surface area contributed by atoms with Crippen LogP contribution in [0.15, 0.2) is 24.3 Å². The van der Waals surface area contributed by atoms with Gasteiger partial charge in [-0.3, -0.25) is 0 Å². The molecule has 0 heterocycles. The quantitative estimate of drug-likeness (QED) is 0.801. The number of ether oxygens (including phenoxy) is 1. The first-order valence-electron chi connectivity index (χ1n) is 5.97. The first kappa shape index (κ1) is 13.0. The maximum absolute atomic E-state index is 8.78. The first-order valence-corrected chi connectivity index (χ1v) is 5.97. The van der Waals surface area contributed by atoms with E-state index in [4.69, 9.17) is 9.84 Å². The molecule has 1 aromatic carbocycles. The minimum Gasteiger partial charge on any atom is -0.493 e. The van der Waals surface area contributed by atoms with Crippen LogP contribution in [0.5, 0.6) is 5.75 Å². The van der Waals surface area contributed by atoms with Crippen molar-refractivity contribution in [1.82, 2.24) is 0 Å². The standard InChI is InChI=1S/C14H22O2/c1-11(2)13-4-6-14(7-5-13)16-10-12(3)8-9-15/h4-7,11-12,15H,8-10H2,1-3H3. The van der Waals surface area contributed by atoms with Crippen LogP contribution < -0.4 is 4.74 Å². The molecule has 0 fully saturated rings. The molecule has 0 saturated heterocycles. The predicted octanol–water partition coefficient (Wildman–Crippen LogP) is 3.21. The summed E-state index contributed by atoms with van der Waals surface area (Å²) >= 11 is 0. The average Bonchev–Trinajstić information content (AvgIpc) is 2.27. The van der Waals surface area contributed by atoms with Gasteiger partial charge in [0.1, 0.15) is 5.75 Å². The van der Waals surface area contributed by atoms with Crippen molar-refractivity contribution in [3.8, 4) is 5.75 Å². The Morgan fingerprint density at radius 1 is 1.12 bits per heavy atom. The monoisotopic (exact) mass is 222 g/mol. The maximum Gasteiger partial charge on any atom is 0.119 e. The van der Waals surface area contributed by atoms with E-state index < -0.39 is 0 Å². The summed E-state index contributed by atoms with van der Waals surface area (Å²) in [5.74, 6) is 1.87. The van der Waals surface area contributed by atoms with Crippen molar-refractivity contribution >= 4 is 0 Å². The van der Waals surface area contributed by atoms with Gasteiger partial charge in [-0.25, -0.2) is 0 Å². The fourth-order valence-corrected chi connectivity index (χ4v) is 1.49. The molecule has 0 bridgehead atoms. The molecule has 1 unspecified atom stereocenters. The van der Waals surface area contributed by atoms with Crippen molar-refractivity contribution in [1.29, 1.82) is 0 Å². The molecule has 2 nitrogen and oxygen atoms in total. The Hall–Kier alpha value is -1.02. The molecule has 1 rings (SSSR count). The molecule has 0 amide bonds. The molecule has 0 aromatic heterocycles. The van der Waals surface area contributed by atoms with Gasteiger partial charge in [0.2, 0.25) is 0 Å². The highest BCUT2D eigenvalue weighted by Gasteiger charge is 2.03. The molecular weight excluding hydrogens is 200 g/mol. The SMILES string of the molecule is CC(CCO)COc1ccc(C(C)C)cc1. The van der Waals surface area contributed by atoms with E-state index in [1.807, 2.05) is 12.1 Å². The summed E-state index contributed by atoms with van der Waals surface area (Å²) in [6.07, 6.45) is 0.796. The van der Waals surface area contributed by atoms with E-state index in [9.17, 15) is 0 Å². The molecule has 2 heteroatoms. The number of hydrogen-bond donors (Lipinski definition) is 1. The minimum absolute atomic E-state index is 0.233. The Balaban J connectivity index is 2.43. The normalized spacial score (nSPS) is 12.8. The third-order valence-electron chi connectivity index (χ3n) is 2.70. The van der Waals surface area contributed by atoms with E-state index in [-0.39, 0.29) is 6.61 Å². The van der Waals surface area contributed by atoms with Crippen LogP contribution in [0.3, 0.4) is 0 Å². The molecule has 0 aliphatic carbocycles. The first-order chi connectivity index (χ1) is 7.63.